The Kier molecular flexibility index (Phi) is 4.41. The third kappa shape index (κ3) is 4.03. The first kappa shape index (κ1) is 12.4. The van der Waals surface area contributed by atoms with E-state index in [2.05, 4.69) is 10.3 Å². The molecule has 0 aromatic carbocycles. The molecule has 17 heavy (non-hydrogen) atoms. The third-order valence-electron chi connectivity index (χ3n) is 1.89. The summed E-state index contributed by atoms with van der Waals surface area (Å²) in [5.74, 6) is 0.419. The molecule has 0 aliphatic rings. The summed E-state index contributed by atoms with van der Waals surface area (Å²) in [7, 11) is 0. The van der Waals surface area contributed by atoms with Crippen molar-refractivity contribution in [2.75, 3.05) is 11.5 Å². The molecule has 0 spiro atoms. The summed E-state index contributed by atoms with van der Waals surface area (Å²) in [6.07, 6.45) is 1.69. The molecule has 90 valence electrons. The number of thioether (sulfide) groups is 1. The fourth-order valence-corrected chi connectivity index (χ4v) is 3.36. The van der Waals surface area contributed by atoms with Crippen LogP contribution >= 0.6 is 34.4 Å². The Morgan fingerprint density at radius 2 is 2.47 bits per heavy atom. The first-order valence-electron chi connectivity index (χ1n) is 4.87. The highest BCUT2D eigenvalue weighted by molar-refractivity contribution is 8.01. The number of carbonyl (C=O) groups is 1. The second-order valence-electron chi connectivity index (χ2n) is 3.16. The summed E-state index contributed by atoms with van der Waals surface area (Å²) in [6.45, 7) is 0.599. The SMILES string of the molecule is Nc1ncc(SCC(=O)NCc2cccs2)s1. The maximum Gasteiger partial charge on any atom is 0.230 e. The lowest BCUT2D eigenvalue weighted by atomic mass is 10.4. The molecule has 0 aliphatic carbocycles. The Balaban J connectivity index is 1.71. The predicted octanol–water partition coefficient (Wildman–Crippen LogP) is 2.20. The van der Waals surface area contributed by atoms with E-state index in [0.717, 1.165) is 9.09 Å². The molecular formula is C10H11N3OS3. The van der Waals surface area contributed by atoms with Gasteiger partial charge in [0.25, 0.3) is 0 Å². The fraction of sp³-hybridized carbons (Fsp3) is 0.200. The van der Waals surface area contributed by atoms with Crippen LogP contribution < -0.4 is 11.1 Å². The van der Waals surface area contributed by atoms with E-state index in [1.807, 2.05) is 17.5 Å². The number of nitrogens with two attached hydrogens (primary N) is 1. The van der Waals surface area contributed by atoms with Crippen LogP contribution in [-0.2, 0) is 11.3 Å². The Morgan fingerprint density at radius 1 is 1.59 bits per heavy atom. The smallest absolute Gasteiger partial charge is 0.230 e. The van der Waals surface area contributed by atoms with Crippen molar-refractivity contribution in [3.8, 4) is 0 Å². The monoisotopic (exact) mass is 285 g/mol. The minimum Gasteiger partial charge on any atom is -0.375 e. The van der Waals surface area contributed by atoms with Crippen LogP contribution in [0.15, 0.2) is 27.9 Å². The lowest BCUT2D eigenvalue weighted by molar-refractivity contribution is -0.118. The number of hydrogen-bond donors (Lipinski definition) is 2. The number of amides is 1. The van der Waals surface area contributed by atoms with Gasteiger partial charge in [-0.2, -0.15) is 0 Å². The van der Waals surface area contributed by atoms with Gasteiger partial charge in [0, 0.05) is 4.88 Å². The van der Waals surface area contributed by atoms with Gasteiger partial charge < -0.3 is 11.1 Å². The van der Waals surface area contributed by atoms with Crippen LogP contribution in [0.3, 0.4) is 0 Å². The molecule has 0 saturated carbocycles. The van der Waals surface area contributed by atoms with Crippen LogP contribution in [0.4, 0.5) is 5.13 Å². The van der Waals surface area contributed by atoms with Crippen molar-refractivity contribution in [2.24, 2.45) is 0 Å². The lowest BCUT2D eigenvalue weighted by Gasteiger charge is -2.01. The van der Waals surface area contributed by atoms with Crippen molar-refractivity contribution >= 4 is 45.5 Å². The van der Waals surface area contributed by atoms with Crippen molar-refractivity contribution < 1.29 is 4.79 Å². The number of rotatable bonds is 5. The summed E-state index contributed by atoms with van der Waals surface area (Å²) in [5.41, 5.74) is 5.50. The molecular weight excluding hydrogens is 274 g/mol. The molecule has 0 aliphatic heterocycles. The van der Waals surface area contributed by atoms with Gasteiger partial charge in [-0.1, -0.05) is 17.4 Å². The molecule has 4 nitrogen and oxygen atoms in total. The predicted molar refractivity (Wildman–Crippen MR) is 73.4 cm³/mol. The Morgan fingerprint density at radius 3 is 3.12 bits per heavy atom. The van der Waals surface area contributed by atoms with Crippen LogP contribution in [0.1, 0.15) is 4.88 Å². The zero-order chi connectivity index (χ0) is 12.1. The van der Waals surface area contributed by atoms with E-state index in [0.29, 0.717) is 17.4 Å². The van der Waals surface area contributed by atoms with Crippen molar-refractivity contribution in [3.05, 3.63) is 28.6 Å². The Labute approximate surface area is 111 Å². The van der Waals surface area contributed by atoms with Crippen LogP contribution in [0, 0.1) is 0 Å². The standard InChI is InChI=1S/C10H11N3OS3/c11-10-13-5-9(17-10)16-6-8(14)12-4-7-2-1-3-15-7/h1-3,5H,4,6H2,(H2,11,13)(H,12,14). The van der Waals surface area contributed by atoms with Gasteiger partial charge in [-0.25, -0.2) is 4.98 Å². The summed E-state index contributed by atoms with van der Waals surface area (Å²) < 4.78 is 0.966. The van der Waals surface area contributed by atoms with Crippen LogP contribution in [0.5, 0.6) is 0 Å². The number of thiophene rings is 1. The zero-order valence-corrected chi connectivity index (χ0v) is 11.3. The van der Waals surface area contributed by atoms with E-state index in [9.17, 15) is 4.79 Å². The van der Waals surface area contributed by atoms with Gasteiger partial charge in [-0.05, 0) is 11.4 Å². The van der Waals surface area contributed by atoms with Gasteiger partial charge in [0.05, 0.1) is 22.7 Å². The first-order valence-corrected chi connectivity index (χ1v) is 7.55. The Hall–Kier alpha value is -1.05. The maximum absolute atomic E-state index is 11.5. The van der Waals surface area contributed by atoms with Crippen LogP contribution in [0.2, 0.25) is 0 Å². The molecule has 2 heterocycles. The van der Waals surface area contributed by atoms with Crippen molar-refractivity contribution in [2.45, 2.75) is 10.8 Å². The quantitative estimate of drug-likeness (QED) is 0.826. The second kappa shape index (κ2) is 6.04. The largest absolute Gasteiger partial charge is 0.375 e. The summed E-state index contributed by atoms with van der Waals surface area (Å²) in [6, 6.07) is 3.98. The normalized spacial score (nSPS) is 10.4. The lowest BCUT2D eigenvalue weighted by Crippen LogP contribution is -2.23. The van der Waals surface area contributed by atoms with E-state index >= 15 is 0 Å². The molecule has 0 atom stereocenters. The highest BCUT2D eigenvalue weighted by atomic mass is 32.2. The van der Waals surface area contributed by atoms with Crippen LogP contribution in [-0.4, -0.2) is 16.6 Å². The van der Waals surface area contributed by atoms with Gasteiger partial charge in [0.2, 0.25) is 5.91 Å². The summed E-state index contributed by atoms with van der Waals surface area (Å²) in [4.78, 5) is 16.6. The molecule has 1 amide bonds. The van der Waals surface area contributed by atoms with Crippen molar-refractivity contribution in [3.63, 3.8) is 0 Å². The zero-order valence-electron chi connectivity index (χ0n) is 8.88. The van der Waals surface area contributed by atoms with E-state index < -0.39 is 0 Å². The van der Waals surface area contributed by atoms with E-state index in [1.54, 1.807) is 17.5 Å². The van der Waals surface area contributed by atoms with Gasteiger partial charge in [0.1, 0.15) is 0 Å². The fourth-order valence-electron chi connectivity index (χ4n) is 1.13. The minimum atomic E-state index is 0.0235. The number of nitrogens with zero attached hydrogens (tertiary/aromatic N) is 1. The van der Waals surface area contributed by atoms with E-state index in [1.165, 1.54) is 23.1 Å². The second-order valence-corrected chi connectivity index (χ2v) is 6.53. The maximum atomic E-state index is 11.5. The molecule has 7 heteroatoms. The molecule has 3 N–H and O–H groups in total. The number of thiazole rings is 1. The summed E-state index contributed by atoms with van der Waals surface area (Å²) in [5, 5.41) is 5.40. The molecule has 2 aromatic rings. The van der Waals surface area contributed by atoms with E-state index in [-0.39, 0.29) is 5.91 Å². The van der Waals surface area contributed by atoms with Gasteiger partial charge in [-0.15, -0.1) is 23.1 Å². The summed E-state index contributed by atoms with van der Waals surface area (Å²) >= 11 is 4.49. The Bertz CT molecular complexity index is 481. The molecule has 0 unspecified atom stereocenters. The van der Waals surface area contributed by atoms with E-state index in [4.69, 9.17) is 5.73 Å². The molecule has 2 aromatic heterocycles. The average Bonchev–Trinajstić information content (AvgIpc) is 2.95. The molecule has 0 fully saturated rings. The van der Waals surface area contributed by atoms with Crippen molar-refractivity contribution in [1.29, 1.82) is 0 Å². The highest BCUT2D eigenvalue weighted by Gasteiger charge is 2.05. The topological polar surface area (TPSA) is 68.0 Å². The van der Waals surface area contributed by atoms with Gasteiger partial charge >= 0.3 is 0 Å². The minimum absolute atomic E-state index is 0.0235. The number of anilines is 1. The number of nitrogens with one attached hydrogen (secondary N) is 1. The highest BCUT2D eigenvalue weighted by Crippen LogP contribution is 2.25. The van der Waals surface area contributed by atoms with Crippen LogP contribution in [0.25, 0.3) is 0 Å². The number of aromatic nitrogens is 1. The number of nitrogen functional groups attached to an aromatic ring is 1. The molecule has 0 radical (unpaired) electrons. The first-order chi connectivity index (χ1) is 8.24. The van der Waals surface area contributed by atoms with Gasteiger partial charge in [-0.3, -0.25) is 4.79 Å². The molecule has 2 rings (SSSR count). The van der Waals surface area contributed by atoms with Crippen molar-refractivity contribution in [1.82, 2.24) is 10.3 Å². The number of carbonyl (C=O) groups excluding carboxylic acids is 1. The molecule has 0 saturated heterocycles. The molecule has 0 bridgehead atoms. The van der Waals surface area contributed by atoms with Gasteiger partial charge in [0.15, 0.2) is 5.13 Å². The average molecular weight is 285 g/mol. The number of hydrogen-bond acceptors (Lipinski definition) is 6. The third-order valence-corrected chi connectivity index (χ3v) is 4.79.